The first-order valence-corrected chi connectivity index (χ1v) is 5.83. The largest absolute Gasteiger partial charge is 0.480 e. The van der Waals surface area contributed by atoms with Crippen LogP contribution in [0.15, 0.2) is 12.2 Å². The van der Waals surface area contributed by atoms with Crippen LogP contribution in [0, 0.1) is 16.7 Å². The molecule has 1 rings (SSSR count). The molecule has 0 heterocycles. The van der Waals surface area contributed by atoms with E-state index in [4.69, 9.17) is 10.8 Å². The molecular weight excluding hydrogens is 202 g/mol. The van der Waals surface area contributed by atoms with E-state index in [2.05, 4.69) is 27.7 Å². The number of hydrogen-bond acceptors (Lipinski definition) is 2. The van der Waals surface area contributed by atoms with Crippen molar-refractivity contribution in [2.24, 2.45) is 22.5 Å². The fourth-order valence-corrected chi connectivity index (χ4v) is 2.85. The molecular formula is C13H23NO2. The molecule has 1 fully saturated rings. The third kappa shape index (κ3) is 2.64. The molecule has 3 N–H and O–H groups in total. The van der Waals surface area contributed by atoms with Crippen molar-refractivity contribution in [2.75, 3.05) is 0 Å². The Kier molecular flexibility index (Phi) is 3.48. The van der Waals surface area contributed by atoms with Crippen molar-refractivity contribution in [3.8, 4) is 0 Å². The molecule has 0 radical (unpaired) electrons. The molecule has 0 saturated heterocycles. The van der Waals surface area contributed by atoms with E-state index >= 15 is 0 Å². The number of hydrogen-bond donors (Lipinski definition) is 2. The summed E-state index contributed by atoms with van der Waals surface area (Å²) in [5.41, 5.74) is 5.95. The Morgan fingerprint density at radius 3 is 2.12 bits per heavy atom. The van der Waals surface area contributed by atoms with Gasteiger partial charge in [0, 0.05) is 0 Å². The minimum absolute atomic E-state index is 0.234. The van der Waals surface area contributed by atoms with Gasteiger partial charge in [0.05, 0.1) is 0 Å². The van der Waals surface area contributed by atoms with Crippen LogP contribution in [0.5, 0.6) is 0 Å². The van der Waals surface area contributed by atoms with Gasteiger partial charge < -0.3 is 10.8 Å². The average Bonchev–Trinajstić information content (AvgIpc) is 2.33. The van der Waals surface area contributed by atoms with Crippen molar-refractivity contribution in [2.45, 2.75) is 46.6 Å². The third-order valence-corrected chi connectivity index (χ3v) is 3.89. The van der Waals surface area contributed by atoms with Gasteiger partial charge in [-0.25, -0.2) is 0 Å². The molecule has 1 aliphatic carbocycles. The molecule has 1 saturated carbocycles. The highest BCUT2D eigenvalue weighted by Gasteiger charge is 2.45. The summed E-state index contributed by atoms with van der Waals surface area (Å²) in [5, 5.41) is 8.74. The molecule has 92 valence electrons. The van der Waals surface area contributed by atoms with Crippen LogP contribution in [-0.4, -0.2) is 17.1 Å². The summed E-state index contributed by atoms with van der Waals surface area (Å²) in [4.78, 5) is 10.7. The Morgan fingerprint density at radius 1 is 1.31 bits per heavy atom. The number of allylic oxidation sites excluding steroid dienone is 1. The molecule has 3 nitrogen and oxygen atoms in total. The maximum Gasteiger partial charge on any atom is 0.324 e. The number of aliphatic carboxylic acids is 1. The summed E-state index contributed by atoms with van der Waals surface area (Å²) in [6, 6.07) is -0.882. The number of nitrogens with two attached hydrogens (primary N) is 1. The highest BCUT2D eigenvalue weighted by atomic mass is 16.4. The summed E-state index contributed by atoms with van der Waals surface area (Å²) < 4.78 is 0. The van der Waals surface area contributed by atoms with E-state index in [1.165, 1.54) is 12.8 Å². The van der Waals surface area contributed by atoms with Gasteiger partial charge in [0.2, 0.25) is 0 Å². The molecule has 0 aromatic rings. The fourth-order valence-electron chi connectivity index (χ4n) is 2.85. The molecule has 0 bridgehead atoms. The van der Waals surface area contributed by atoms with Crippen molar-refractivity contribution in [1.29, 1.82) is 0 Å². The van der Waals surface area contributed by atoms with Gasteiger partial charge in [0.25, 0.3) is 0 Å². The zero-order valence-electron chi connectivity index (χ0n) is 10.7. The van der Waals surface area contributed by atoms with Crippen LogP contribution in [0.4, 0.5) is 0 Å². The van der Waals surface area contributed by atoms with E-state index < -0.39 is 12.0 Å². The van der Waals surface area contributed by atoms with Crippen LogP contribution in [0.1, 0.15) is 40.5 Å². The van der Waals surface area contributed by atoms with Crippen LogP contribution in [-0.2, 0) is 4.79 Å². The van der Waals surface area contributed by atoms with Crippen LogP contribution in [0.25, 0.3) is 0 Å². The second kappa shape index (κ2) is 4.21. The van der Waals surface area contributed by atoms with Crippen molar-refractivity contribution in [3.05, 3.63) is 12.2 Å². The molecule has 1 atom stereocenters. The van der Waals surface area contributed by atoms with Gasteiger partial charge in [-0.3, -0.25) is 4.79 Å². The maximum atomic E-state index is 10.7. The first-order chi connectivity index (χ1) is 7.17. The van der Waals surface area contributed by atoms with E-state index in [9.17, 15) is 4.79 Å². The van der Waals surface area contributed by atoms with Gasteiger partial charge in [-0.1, -0.05) is 39.8 Å². The topological polar surface area (TPSA) is 63.3 Å². The highest BCUT2D eigenvalue weighted by Crippen LogP contribution is 2.54. The summed E-state index contributed by atoms with van der Waals surface area (Å²) in [6.45, 7) is 8.96. The fraction of sp³-hybridized carbons (Fsp3) is 0.769. The van der Waals surface area contributed by atoms with Gasteiger partial charge in [0.1, 0.15) is 6.04 Å². The zero-order valence-corrected chi connectivity index (χ0v) is 10.7. The molecule has 0 aromatic carbocycles. The summed E-state index contributed by atoms with van der Waals surface area (Å²) in [7, 11) is 0. The van der Waals surface area contributed by atoms with Crippen molar-refractivity contribution in [1.82, 2.24) is 0 Å². The minimum Gasteiger partial charge on any atom is -0.480 e. The predicted molar refractivity (Wildman–Crippen MR) is 65.0 cm³/mol. The van der Waals surface area contributed by atoms with Gasteiger partial charge in [0.15, 0.2) is 0 Å². The molecule has 1 aliphatic rings. The second-order valence-electron chi connectivity index (χ2n) is 6.20. The monoisotopic (exact) mass is 225 g/mol. The lowest BCUT2D eigenvalue weighted by Crippen LogP contribution is -2.30. The van der Waals surface area contributed by atoms with Gasteiger partial charge >= 0.3 is 5.97 Å². The Hall–Kier alpha value is -0.830. The van der Waals surface area contributed by atoms with Crippen LogP contribution in [0.3, 0.4) is 0 Å². The van der Waals surface area contributed by atoms with E-state index in [1.807, 2.05) is 6.08 Å². The SMILES string of the molecule is CC1(C)CCC(C)(C)C1C=CC(N)C(=O)O. The van der Waals surface area contributed by atoms with Crippen molar-refractivity contribution >= 4 is 5.97 Å². The van der Waals surface area contributed by atoms with E-state index in [-0.39, 0.29) is 10.8 Å². The summed E-state index contributed by atoms with van der Waals surface area (Å²) in [5.74, 6) is -0.574. The first-order valence-electron chi connectivity index (χ1n) is 5.83. The molecule has 0 amide bonds. The lowest BCUT2D eigenvalue weighted by atomic mass is 9.72. The van der Waals surface area contributed by atoms with Gasteiger partial charge in [-0.15, -0.1) is 0 Å². The smallest absolute Gasteiger partial charge is 0.324 e. The van der Waals surface area contributed by atoms with Crippen molar-refractivity contribution < 1.29 is 9.90 Å². The Labute approximate surface area is 97.7 Å². The lowest BCUT2D eigenvalue weighted by Gasteiger charge is -2.33. The van der Waals surface area contributed by atoms with E-state index in [0.29, 0.717) is 5.92 Å². The number of carboxylic acids is 1. The molecule has 0 spiro atoms. The summed E-state index contributed by atoms with van der Waals surface area (Å²) in [6.07, 6.45) is 5.99. The molecule has 0 aliphatic heterocycles. The maximum absolute atomic E-state index is 10.7. The number of carbonyl (C=O) groups is 1. The zero-order chi connectivity index (χ0) is 12.6. The van der Waals surface area contributed by atoms with E-state index in [0.717, 1.165) is 0 Å². The van der Waals surface area contributed by atoms with Gasteiger partial charge in [-0.2, -0.15) is 0 Å². The standard InChI is InChI=1S/C13H23NO2/c1-12(2)7-8-13(3,4)10(12)6-5-9(14)11(15)16/h5-6,9-10H,7-8,14H2,1-4H3,(H,15,16). The quantitative estimate of drug-likeness (QED) is 0.725. The third-order valence-electron chi connectivity index (χ3n) is 3.89. The molecule has 0 aromatic heterocycles. The Balaban J connectivity index is 2.82. The molecule has 3 heteroatoms. The Morgan fingerprint density at radius 2 is 1.75 bits per heavy atom. The molecule has 1 unspecified atom stereocenters. The minimum atomic E-state index is -0.968. The van der Waals surface area contributed by atoms with Crippen LogP contribution < -0.4 is 5.73 Å². The molecule has 16 heavy (non-hydrogen) atoms. The van der Waals surface area contributed by atoms with Crippen LogP contribution >= 0.6 is 0 Å². The highest BCUT2D eigenvalue weighted by molar-refractivity contribution is 5.75. The van der Waals surface area contributed by atoms with E-state index in [1.54, 1.807) is 6.08 Å². The first kappa shape index (κ1) is 13.2. The predicted octanol–water partition coefficient (Wildman–Crippen LogP) is 2.42. The Bertz CT molecular complexity index is 289. The normalized spacial score (nSPS) is 26.1. The second-order valence-corrected chi connectivity index (χ2v) is 6.20. The summed E-state index contributed by atoms with van der Waals surface area (Å²) >= 11 is 0. The average molecular weight is 225 g/mol. The van der Waals surface area contributed by atoms with Gasteiger partial charge in [-0.05, 0) is 29.6 Å². The lowest BCUT2D eigenvalue weighted by molar-refractivity contribution is -0.137. The number of rotatable bonds is 3. The van der Waals surface area contributed by atoms with Crippen molar-refractivity contribution in [3.63, 3.8) is 0 Å². The van der Waals surface area contributed by atoms with Crippen LogP contribution in [0.2, 0.25) is 0 Å². The number of carboxylic acid groups (broad SMARTS) is 1.